The van der Waals surface area contributed by atoms with E-state index in [0.717, 1.165) is 4.88 Å². The van der Waals surface area contributed by atoms with Crippen molar-refractivity contribution < 1.29 is 19.1 Å². The van der Waals surface area contributed by atoms with Gasteiger partial charge in [0.15, 0.2) is 6.61 Å². The summed E-state index contributed by atoms with van der Waals surface area (Å²) in [5.41, 5.74) is 0. The Hall–Kier alpha value is -1.60. The van der Waals surface area contributed by atoms with E-state index in [0.29, 0.717) is 48.4 Å². The third kappa shape index (κ3) is 4.76. The molecule has 0 aliphatic carbocycles. The van der Waals surface area contributed by atoms with Gasteiger partial charge in [-0.15, -0.1) is 11.3 Å². The first-order valence-corrected chi connectivity index (χ1v) is 9.66. The minimum atomic E-state index is -0.170. The van der Waals surface area contributed by atoms with E-state index < -0.39 is 0 Å². The average molecular weight is 414 g/mol. The second kappa shape index (κ2) is 8.86. The monoisotopic (exact) mass is 413 g/mol. The van der Waals surface area contributed by atoms with Gasteiger partial charge in [-0.25, -0.2) is 0 Å². The van der Waals surface area contributed by atoms with Gasteiger partial charge in [-0.1, -0.05) is 29.3 Å². The zero-order chi connectivity index (χ0) is 18.5. The Labute approximate surface area is 165 Å². The number of halogens is 2. The lowest BCUT2D eigenvalue weighted by Gasteiger charge is -2.26. The fourth-order valence-electron chi connectivity index (χ4n) is 2.51. The zero-order valence-corrected chi connectivity index (χ0v) is 16.2. The second-order valence-electron chi connectivity index (χ2n) is 5.70. The van der Waals surface area contributed by atoms with Crippen LogP contribution in [0.25, 0.3) is 0 Å². The van der Waals surface area contributed by atoms with Crippen LogP contribution in [0, 0.1) is 0 Å². The van der Waals surface area contributed by atoms with Crippen molar-refractivity contribution in [2.45, 2.75) is 6.42 Å². The third-order valence-electron chi connectivity index (χ3n) is 3.90. The predicted molar refractivity (Wildman–Crippen MR) is 102 cm³/mol. The SMILES string of the molecule is O=C(COc1cccc(Cl)c1Cl)c1ccc(CC(=O)N2CCOCC2)s1. The van der Waals surface area contributed by atoms with Crippen LogP contribution in [0.4, 0.5) is 0 Å². The van der Waals surface area contributed by atoms with Crippen LogP contribution in [0.5, 0.6) is 5.75 Å². The molecule has 1 fully saturated rings. The number of thiophene rings is 1. The van der Waals surface area contributed by atoms with Crippen LogP contribution in [0.3, 0.4) is 0 Å². The normalized spacial score (nSPS) is 14.3. The summed E-state index contributed by atoms with van der Waals surface area (Å²) in [6.07, 6.45) is 0.291. The number of hydrogen-bond acceptors (Lipinski definition) is 5. The van der Waals surface area contributed by atoms with Gasteiger partial charge in [-0.2, -0.15) is 0 Å². The number of amides is 1. The molecule has 5 nitrogen and oxygen atoms in total. The van der Waals surface area contributed by atoms with E-state index in [2.05, 4.69) is 0 Å². The molecule has 26 heavy (non-hydrogen) atoms. The number of nitrogens with zero attached hydrogens (tertiary/aromatic N) is 1. The minimum absolute atomic E-state index is 0.0520. The van der Waals surface area contributed by atoms with Gasteiger partial charge in [-0.3, -0.25) is 9.59 Å². The van der Waals surface area contributed by atoms with Gasteiger partial charge in [-0.05, 0) is 24.3 Å². The highest BCUT2D eigenvalue weighted by atomic mass is 35.5. The molecule has 1 aromatic carbocycles. The van der Waals surface area contributed by atoms with Crippen LogP contribution < -0.4 is 4.74 Å². The summed E-state index contributed by atoms with van der Waals surface area (Å²) < 4.78 is 10.7. The van der Waals surface area contributed by atoms with Crippen LogP contribution in [0.2, 0.25) is 10.0 Å². The molecule has 0 unspecified atom stereocenters. The van der Waals surface area contributed by atoms with Gasteiger partial charge in [0.25, 0.3) is 0 Å². The molecule has 0 saturated carbocycles. The average Bonchev–Trinajstić information content (AvgIpc) is 3.12. The fraction of sp³-hybridized carbons (Fsp3) is 0.333. The molecule has 1 saturated heterocycles. The number of ketones is 1. The van der Waals surface area contributed by atoms with E-state index in [-0.39, 0.29) is 23.3 Å². The summed E-state index contributed by atoms with van der Waals surface area (Å²) in [7, 11) is 0. The van der Waals surface area contributed by atoms with E-state index in [1.54, 1.807) is 29.2 Å². The Bertz CT molecular complexity index is 802. The number of carbonyl (C=O) groups is 2. The molecule has 2 aromatic rings. The largest absolute Gasteiger partial charge is 0.484 e. The van der Waals surface area contributed by atoms with Crippen LogP contribution in [-0.4, -0.2) is 49.5 Å². The molecular weight excluding hydrogens is 397 g/mol. The first-order chi connectivity index (χ1) is 12.5. The lowest BCUT2D eigenvalue weighted by Crippen LogP contribution is -2.41. The van der Waals surface area contributed by atoms with Gasteiger partial charge in [0.05, 0.1) is 29.5 Å². The number of morpholine rings is 1. The van der Waals surface area contributed by atoms with E-state index in [4.69, 9.17) is 32.7 Å². The number of rotatable bonds is 6. The highest BCUT2D eigenvalue weighted by molar-refractivity contribution is 7.14. The Morgan fingerprint density at radius 3 is 2.69 bits per heavy atom. The highest BCUT2D eigenvalue weighted by Gasteiger charge is 2.19. The van der Waals surface area contributed by atoms with E-state index in [1.165, 1.54) is 11.3 Å². The lowest BCUT2D eigenvalue weighted by atomic mass is 10.2. The number of Topliss-reactive ketones (excluding diaryl/α,β-unsaturated/α-hetero) is 1. The smallest absolute Gasteiger partial charge is 0.227 e. The number of hydrogen-bond donors (Lipinski definition) is 0. The van der Waals surface area contributed by atoms with Gasteiger partial charge < -0.3 is 14.4 Å². The van der Waals surface area contributed by atoms with Crippen molar-refractivity contribution >= 4 is 46.2 Å². The summed E-state index contributed by atoms with van der Waals surface area (Å²) in [5, 5.41) is 0.654. The van der Waals surface area contributed by atoms with Crippen LogP contribution >= 0.6 is 34.5 Å². The van der Waals surface area contributed by atoms with E-state index in [9.17, 15) is 9.59 Å². The van der Waals surface area contributed by atoms with E-state index >= 15 is 0 Å². The standard InChI is InChI=1S/C18H17Cl2NO4S/c19-13-2-1-3-15(18(13)20)25-11-14(22)16-5-4-12(26-16)10-17(23)21-6-8-24-9-7-21/h1-5H,6-11H2. The molecule has 0 spiro atoms. The van der Waals surface area contributed by atoms with Gasteiger partial charge >= 0.3 is 0 Å². The van der Waals surface area contributed by atoms with Gasteiger partial charge in [0.2, 0.25) is 11.7 Å². The lowest BCUT2D eigenvalue weighted by molar-refractivity contribution is -0.134. The van der Waals surface area contributed by atoms with Crippen LogP contribution in [0.1, 0.15) is 14.5 Å². The second-order valence-corrected chi connectivity index (χ2v) is 7.65. The maximum absolute atomic E-state index is 12.3. The molecule has 0 atom stereocenters. The molecule has 0 N–H and O–H groups in total. The molecule has 1 aliphatic rings. The predicted octanol–water partition coefficient (Wildman–Crippen LogP) is 3.72. The van der Waals surface area contributed by atoms with Crippen LogP contribution in [0.15, 0.2) is 30.3 Å². The first-order valence-electron chi connectivity index (χ1n) is 8.09. The molecule has 2 heterocycles. The van der Waals surface area contributed by atoms with Gasteiger partial charge in [0, 0.05) is 18.0 Å². The summed E-state index contributed by atoms with van der Waals surface area (Å²) in [4.78, 5) is 27.8. The molecule has 0 bridgehead atoms. The molecule has 1 amide bonds. The molecule has 138 valence electrons. The topological polar surface area (TPSA) is 55.8 Å². The zero-order valence-electron chi connectivity index (χ0n) is 13.9. The molecule has 1 aromatic heterocycles. The minimum Gasteiger partial charge on any atom is -0.484 e. The van der Waals surface area contributed by atoms with Crippen molar-refractivity contribution in [2.75, 3.05) is 32.9 Å². The van der Waals surface area contributed by atoms with E-state index in [1.807, 2.05) is 6.07 Å². The summed E-state index contributed by atoms with van der Waals surface area (Å²) in [6.45, 7) is 2.23. The fourth-order valence-corrected chi connectivity index (χ4v) is 3.78. The summed E-state index contributed by atoms with van der Waals surface area (Å²) >= 11 is 13.3. The van der Waals surface area contributed by atoms with Gasteiger partial charge in [0.1, 0.15) is 10.8 Å². The van der Waals surface area contributed by atoms with Crippen molar-refractivity contribution in [1.29, 1.82) is 0 Å². The maximum atomic E-state index is 12.3. The molecular formula is C18H17Cl2NO4S. The Morgan fingerprint density at radius 2 is 1.92 bits per heavy atom. The Morgan fingerprint density at radius 1 is 1.15 bits per heavy atom. The molecule has 3 rings (SSSR count). The number of ether oxygens (including phenoxy) is 2. The summed E-state index contributed by atoms with van der Waals surface area (Å²) in [5.74, 6) is 0.249. The van der Waals surface area contributed by atoms with Crippen molar-refractivity contribution in [1.82, 2.24) is 4.90 Å². The van der Waals surface area contributed by atoms with Crippen molar-refractivity contribution in [3.63, 3.8) is 0 Å². The molecule has 1 aliphatic heterocycles. The first kappa shape index (κ1) is 19.2. The van der Waals surface area contributed by atoms with Crippen LogP contribution in [-0.2, 0) is 16.0 Å². The van der Waals surface area contributed by atoms with Crippen molar-refractivity contribution in [3.8, 4) is 5.75 Å². The Kier molecular flexibility index (Phi) is 6.53. The highest BCUT2D eigenvalue weighted by Crippen LogP contribution is 2.31. The summed E-state index contributed by atoms with van der Waals surface area (Å²) in [6, 6.07) is 8.53. The third-order valence-corrected chi connectivity index (χ3v) is 5.83. The quantitative estimate of drug-likeness (QED) is 0.677. The Balaban J connectivity index is 1.55. The van der Waals surface area contributed by atoms with Crippen molar-refractivity contribution in [2.24, 2.45) is 0 Å². The maximum Gasteiger partial charge on any atom is 0.227 e. The number of carbonyl (C=O) groups excluding carboxylic acids is 2. The molecule has 0 radical (unpaired) electrons. The molecule has 8 heteroatoms. The van der Waals surface area contributed by atoms with Crippen molar-refractivity contribution in [3.05, 3.63) is 50.1 Å². The number of benzene rings is 1.